The minimum atomic E-state index is -1.20. The lowest BCUT2D eigenvalue weighted by Crippen LogP contribution is -2.34. The SMILES string of the molecule is CCN(c1c(Cl)cc([N+](=O)[O-])cc1C(=O)O)C1CCCC1. The van der Waals surface area contributed by atoms with Crippen molar-refractivity contribution in [3.05, 3.63) is 32.8 Å². The molecule has 6 nitrogen and oxygen atoms in total. The molecule has 21 heavy (non-hydrogen) atoms. The molecule has 7 heteroatoms. The van der Waals surface area contributed by atoms with Gasteiger partial charge in [0.05, 0.1) is 21.2 Å². The first-order chi connectivity index (χ1) is 9.95. The Morgan fingerprint density at radius 3 is 2.57 bits per heavy atom. The van der Waals surface area contributed by atoms with Gasteiger partial charge >= 0.3 is 5.97 Å². The highest BCUT2D eigenvalue weighted by Crippen LogP contribution is 2.38. The van der Waals surface area contributed by atoms with Crippen LogP contribution < -0.4 is 4.90 Å². The number of nitrogens with zero attached hydrogens (tertiary/aromatic N) is 2. The Hall–Kier alpha value is -1.82. The molecular formula is C14H17ClN2O4. The standard InChI is InChI=1S/C14H17ClN2O4/c1-2-16(9-5-3-4-6-9)13-11(14(18)19)7-10(17(20)21)8-12(13)15/h7-9H,2-6H2,1H3,(H,18,19). The van der Waals surface area contributed by atoms with E-state index in [0.717, 1.165) is 31.7 Å². The number of hydrogen-bond acceptors (Lipinski definition) is 4. The molecule has 1 aliphatic carbocycles. The molecule has 1 N–H and O–H groups in total. The Labute approximate surface area is 127 Å². The molecule has 1 saturated carbocycles. The van der Waals surface area contributed by atoms with Crippen LogP contribution in [-0.4, -0.2) is 28.6 Å². The number of non-ortho nitro benzene ring substituents is 1. The first kappa shape index (κ1) is 15.6. The van der Waals surface area contributed by atoms with E-state index in [2.05, 4.69) is 0 Å². The van der Waals surface area contributed by atoms with Crippen LogP contribution >= 0.6 is 11.6 Å². The summed E-state index contributed by atoms with van der Waals surface area (Å²) in [4.78, 5) is 23.7. The third-order valence-corrected chi connectivity index (χ3v) is 4.17. The van der Waals surface area contributed by atoms with E-state index in [0.29, 0.717) is 12.2 Å². The predicted octanol–water partition coefficient (Wildman–Crippen LogP) is 3.72. The number of anilines is 1. The van der Waals surface area contributed by atoms with E-state index in [-0.39, 0.29) is 22.3 Å². The zero-order valence-electron chi connectivity index (χ0n) is 11.7. The van der Waals surface area contributed by atoms with Crippen LogP contribution in [0.25, 0.3) is 0 Å². The summed E-state index contributed by atoms with van der Waals surface area (Å²) in [6, 6.07) is 2.55. The van der Waals surface area contributed by atoms with Gasteiger partial charge < -0.3 is 10.0 Å². The third kappa shape index (κ3) is 3.10. The number of halogens is 1. The van der Waals surface area contributed by atoms with Gasteiger partial charge in [0.1, 0.15) is 0 Å². The summed E-state index contributed by atoms with van der Waals surface area (Å²) in [5.41, 5.74) is -0.0178. The molecule has 0 amide bonds. The molecule has 0 aromatic heterocycles. The molecule has 0 bridgehead atoms. The van der Waals surface area contributed by atoms with Gasteiger partial charge in [0.25, 0.3) is 5.69 Å². The summed E-state index contributed by atoms with van der Waals surface area (Å²) in [7, 11) is 0. The highest BCUT2D eigenvalue weighted by Gasteiger charge is 2.29. The van der Waals surface area contributed by atoms with Crippen molar-refractivity contribution < 1.29 is 14.8 Å². The molecule has 114 valence electrons. The molecule has 0 saturated heterocycles. The smallest absolute Gasteiger partial charge is 0.338 e. The molecule has 1 aliphatic rings. The lowest BCUT2D eigenvalue weighted by molar-refractivity contribution is -0.384. The van der Waals surface area contributed by atoms with E-state index in [1.54, 1.807) is 0 Å². The molecule has 1 aromatic carbocycles. The van der Waals surface area contributed by atoms with Gasteiger partial charge in [-0.2, -0.15) is 0 Å². The molecule has 0 aliphatic heterocycles. The van der Waals surface area contributed by atoms with E-state index in [9.17, 15) is 20.0 Å². The van der Waals surface area contributed by atoms with Crippen molar-refractivity contribution in [2.75, 3.05) is 11.4 Å². The summed E-state index contributed by atoms with van der Waals surface area (Å²) >= 11 is 6.17. The monoisotopic (exact) mass is 312 g/mol. The first-order valence-corrected chi connectivity index (χ1v) is 7.31. The third-order valence-electron chi connectivity index (χ3n) is 3.88. The van der Waals surface area contributed by atoms with Crippen molar-refractivity contribution in [1.29, 1.82) is 0 Å². The molecule has 2 rings (SSSR count). The van der Waals surface area contributed by atoms with Crippen LogP contribution in [-0.2, 0) is 0 Å². The van der Waals surface area contributed by atoms with Crippen LogP contribution in [0.2, 0.25) is 5.02 Å². The van der Waals surface area contributed by atoms with Gasteiger partial charge in [0.15, 0.2) is 0 Å². The Kier molecular flexibility index (Phi) is 4.67. The summed E-state index contributed by atoms with van der Waals surface area (Å²) in [6.45, 7) is 2.55. The number of carboxylic acid groups (broad SMARTS) is 1. The second kappa shape index (κ2) is 6.30. The van der Waals surface area contributed by atoms with Gasteiger partial charge in [0.2, 0.25) is 0 Å². The van der Waals surface area contributed by atoms with E-state index >= 15 is 0 Å². The lowest BCUT2D eigenvalue weighted by Gasteiger charge is -2.31. The van der Waals surface area contributed by atoms with Crippen molar-refractivity contribution in [3.8, 4) is 0 Å². The highest BCUT2D eigenvalue weighted by molar-refractivity contribution is 6.34. The van der Waals surface area contributed by atoms with Crippen LogP contribution in [0.3, 0.4) is 0 Å². The largest absolute Gasteiger partial charge is 0.478 e. The number of carboxylic acids is 1. The van der Waals surface area contributed by atoms with Gasteiger partial charge in [0, 0.05) is 24.7 Å². The van der Waals surface area contributed by atoms with Crippen LogP contribution in [0.1, 0.15) is 43.0 Å². The fourth-order valence-corrected chi connectivity index (χ4v) is 3.28. The molecule has 0 radical (unpaired) electrons. The topological polar surface area (TPSA) is 83.7 Å². The fraction of sp³-hybridized carbons (Fsp3) is 0.500. The number of benzene rings is 1. The van der Waals surface area contributed by atoms with Crippen molar-refractivity contribution in [3.63, 3.8) is 0 Å². The minimum Gasteiger partial charge on any atom is -0.478 e. The number of rotatable bonds is 5. The highest BCUT2D eigenvalue weighted by atomic mass is 35.5. The normalized spacial score (nSPS) is 15.1. The Morgan fingerprint density at radius 2 is 2.10 bits per heavy atom. The molecule has 1 fully saturated rings. The Morgan fingerprint density at radius 1 is 1.48 bits per heavy atom. The maximum Gasteiger partial charge on any atom is 0.338 e. The van der Waals surface area contributed by atoms with Crippen molar-refractivity contribution in [1.82, 2.24) is 0 Å². The molecular weight excluding hydrogens is 296 g/mol. The van der Waals surface area contributed by atoms with Crippen molar-refractivity contribution in [2.45, 2.75) is 38.6 Å². The molecule has 0 atom stereocenters. The van der Waals surface area contributed by atoms with Crippen LogP contribution in [0.4, 0.5) is 11.4 Å². The molecule has 1 aromatic rings. The zero-order chi connectivity index (χ0) is 15.6. The predicted molar refractivity (Wildman–Crippen MR) is 80.3 cm³/mol. The maximum absolute atomic E-state index is 11.5. The van der Waals surface area contributed by atoms with Crippen LogP contribution in [0.5, 0.6) is 0 Å². The van der Waals surface area contributed by atoms with Crippen molar-refractivity contribution in [2.24, 2.45) is 0 Å². The Bertz CT molecular complexity index is 570. The second-order valence-corrected chi connectivity index (χ2v) is 5.52. The zero-order valence-corrected chi connectivity index (χ0v) is 12.5. The summed E-state index contributed by atoms with van der Waals surface area (Å²) in [5.74, 6) is -1.20. The molecule has 0 unspecified atom stereocenters. The number of aromatic carboxylic acids is 1. The van der Waals surface area contributed by atoms with Crippen LogP contribution in [0, 0.1) is 10.1 Å². The van der Waals surface area contributed by atoms with Gasteiger partial charge in [-0.15, -0.1) is 0 Å². The van der Waals surface area contributed by atoms with Gasteiger partial charge in [-0.3, -0.25) is 10.1 Å². The summed E-state index contributed by atoms with van der Waals surface area (Å²) in [5, 5.41) is 20.4. The van der Waals surface area contributed by atoms with Gasteiger partial charge in [-0.25, -0.2) is 4.79 Å². The number of hydrogen-bond donors (Lipinski definition) is 1. The summed E-state index contributed by atoms with van der Waals surface area (Å²) in [6.07, 6.45) is 4.18. The molecule has 0 spiro atoms. The van der Waals surface area contributed by atoms with E-state index in [4.69, 9.17) is 11.6 Å². The average molecular weight is 313 g/mol. The average Bonchev–Trinajstić information content (AvgIpc) is 2.94. The van der Waals surface area contributed by atoms with Gasteiger partial charge in [-0.05, 0) is 19.8 Å². The quantitative estimate of drug-likeness (QED) is 0.661. The number of nitro benzene ring substituents is 1. The second-order valence-electron chi connectivity index (χ2n) is 5.11. The van der Waals surface area contributed by atoms with Gasteiger partial charge in [-0.1, -0.05) is 24.4 Å². The number of carbonyl (C=O) groups is 1. The summed E-state index contributed by atoms with van der Waals surface area (Å²) < 4.78 is 0. The molecule has 0 heterocycles. The van der Waals surface area contributed by atoms with E-state index < -0.39 is 10.9 Å². The number of nitro groups is 1. The van der Waals surface area contributed by atoms with Crippen molar-refractivity contribution >= 4 is 28.9 Å². The fourth-order valence-electron chi connectivity index (χ4n) is 2.96. The van der Waals surface area contributed by atoms with E-state index in [1.807, 2.05) is 11.8 Å². The minimum absolute atomic E-state index is 0.108. The Balaban J connectivity index is 2.54. The van der Waals surface area contributed by atoms with Crippen LogP contribution in [0.15, 0.2) is 12.1 Å². The maximum atomic E-state index is 11.5. The lowest BCUT2D eigenvalue weighted by atomic mass is 10.1. The first-order valence-electron chi connectivity index (χ1n) is 6.93. The van der Waals surface area contributed by atoms with E-state index in [1.165, 1.54) is 6.07 Å².